The standard InChI is InChI=1S/C23H23NO5S2/c1-4-12-29-22(26)20(16-8-6-5-7-9-16)24-21(25)19(31-23(24)30)14-15-10-11-17(27-2)18(13-15)28-3/h5-11,13-14,20H,4,12H2,1-3H3/b19-14-. The molecule has 8 heteroatoms. The van der Waals surface area contributed by atoms with E-state index in [1.165, 1.54) is 4.90 Å². The smallest absolute Gasteiger partial charge is 0.333 e. The number of carbonyl (C=O) groups excluding carboxylic acids is 2. The van der Waals surface area contributed by atoms with Gasteiger partial charge in [0.2, 0.25) is 0 Å². The Kier molecular flexibility index (Phi) is 7.70. The molecule has 2 aromatic rings. The van der Waals surface area contributed by atoms with E-state index in [4.69, 9.17) is 26.4 Å². The third-order valence-corrected chi connectivity index (χ3v) is 5.90. The quantitative estimate of drug-likeness (QED) is 0.326. The predicted molar refractivity (Wildman–Crippen MR) is 125 cm³/mol. The van der Waals surface area contributed by atoms with Gasteiger partial charge in [0.25, 0.3) is 5.91 Å². The van der Waals surface area contributed by atoms with E-state index in [0.29, 0.717) is 32.7 Å². The number of amides is 1. The van der Waals surface area contributed by atoms with Crippen molar-refractivity contribution < 1.29 is 23.8 Å². The van der Waals surface area contributed by atoms with Crippen molar-refractivity contribution in [3.8, 4) is 11.5 Å². The molecule has 1 atom stereocenters. The molecular weight excluding hydrogens is 434 g/mol. The summed E-state index contributed by atoms with van der Waals surface area (Å²) in [6.07, 6.45) is 2.41. The van der Waals surface area contributed by atoms with Crippen LogP contribution in [0.3, 0.4) is 0 Å². The molecule has 1 aliphatic rings. The van der Waals surface area contributed by atoms with Crippen LogP contribution in [0, 0.1) is 0 Å². The number of hydrogen-bond donors (Lipinski definition) is 0. The van der Waals surface area contributed by atoms with Gasteiger partial charge < -0.3 is 14.2 Å². The molecular formula is C23H23NO5S2. The molecule has 1 aliphatic heterocycles. The Morgan fingerprint density at radius 3 is 2.48 bits per heavy atom. The highest BCUT2D eigenvalue weighted by Crippen LogP contribution is 2.39. The lowest BCUT2D eigenvalue weighted by Gasteiger charge is -2.25. The van der Waals surface area contributed by atoms with E-state index in [0.717, 1.165) is 17.3 Å². The largest absolute Gasteiger partial charge is 0.493 e. The van der Waals surface area contributed by atoms with Gasteiger partial charge in [0, 0.05) is 0 Å². The molecule has 0 aromatic heterocycles. The van der Waals surface area contributed by atoms with Crippen molar-refractivity contribution >= 4 is 46.3 Å². The van der Waals surface area contributed by atoms with Crippen LogP contribution in [0.2, 0.25) is 0 Å². The Bertz CT molecular complexity index is 1010. The van der Waals surface area contributed by atoms with Gasteiger partial charge in [-0.25, -0.2) is 4.79 Å². The second-order valence-electron chi connectivity index (χ2n) is 6.65. The van der Waals surface area contributed by atoms with E-state index in [-0.39, 0.29) is 12.5 Å². The number of methoxy groups -OCH3 is 2. The number of esters is 1. The van der Waals surface area contributed by atoms with E-state index in [2.05, 4.69) is 0 Å². The molecule has 6 nitrogen and oxygen atoms in total. The van der Waals surface area contributed by atoms with Crippen LogP contribution in [-0.4, -0.2) is 41.9 Å². The van der Waals surface area contributed by atoms with Crippen LogP contribution in [0.1, 0.15) is 30.5 Å². The lowest BCUT2D eigenvalue weighted by molar-refractivity contribution is -0.151. The first kappa shape index (κ1) is 22.8. The Labute approximate surface area is 191 Å². The molecule has 162 valence electrons. The lowest BCUT2D eigenvalue weighted by atomic mass is 10.1. The highest BCUT2D eigenvalue weighted by atomic mass is 32.2. The molecule has 1 amide bonds. The summed E-state index contributed by atoms with van der Waals surface area (Å²) in [5.41, 5.74) is 1.40. The van der Waals surface area contributed by atoms with E-state index >= 15 is 0 Å². The van der Waals surface area contributed by atoms with Gasteiger partial charge in [-0.3, -0.25) is 9.69 Å². The number of benzene rings is 2. The van der Waals surface area contributed by atoms with Crippen LogP contribution in [0.25, 0.3) is 6.08 Å². The van der Waals surface area contributed by atoms with Crippen LogP contribution < -0.4 is 9.47 Å². The van der Waals surface area contributed by atoms with Crippen LogP contribution in [0.5, 0.6) is 11.5 Å². The minimum Gasteiger partial charge on any atom is -0.493 e. The molecule has 31 heavy (non-hydrogen) atoms. The maximum absolute atomic E-state index is 13.3. The van der Waals surface area contributed by atoms with Crippen LogP contribution in [0.15, 0.2) is 53.4 Å². The Morgan fingerprint density at radius 1 is 1.13 bits per heavy atom. The Balaban J connectivity index is 1.94. The average Bonchev–Trinajstić information content (AvgIpc) is 3.06. The zero-order valence-electron chi connectivity index (χ0n) is 17.5. The number of carbonyl (C=O) groups is 2. The molecule has 1 unspecified atom stereocenters. The van der Waals surface area contributed by atoms with E-state index in [1.54, 1.807) is 44.6 Å². The first-order chi connectivity index (χ1) is 15.0. The molecule has 3 rings (SSSR count). The summed E-state index contributed by atoms with van der Waals surface area (Å²) in [5, 5.41) is 0. The molecule has 0 N–H and O–H groups in total. The SMILES string of the molecule is CCCOC(=O)C(c1ccccc1)N1C(=O)/C(=C/c2ccc(OC)c(OC)c2)SC1=S. The summed E-state index contributed by atoms with van der Waals surface area (Å²) in [6.45, 7) is 2.19. The summed E-state index contributed by atoms with van der Waals surface area (Å²) < 4.78 is 16.3. The topological polar surface area (TPSA) is 65.1 Å². The lowest BCUT2D eigenvalue weighted by Crippen LogP contribution is -2.38. The van der Waals surface area contributed by atoms with Crippen LogP contribution in [0.4, 0.5) is 0 Å². The monoisotopic (exact) mass is 457 g/mol. The van der Waals surface area contributed by atoms with E-state index in [1.807, 2.05) is 31.2 Å². The van der Waals surface area contributed by atoms with Crippen molar-refractivity contribution in [1.29, 1.82) is 0 Å². The maximum atomic E-state index is 13.3. The molecule has 2 aromatic carbocycles. The second-order valence-corrected chi connectivity index (χ2v) is 8.32. The fraction of sp³-hybridized carbons (Fsp3) is 0.261. The van der Waals surface area contributed by atoms with Gasteiger partial charge in [0.05, 0.1) is 25.7 Å². The third-order valence-electron chi connectivity index (χ3n) is 4.57. The normalized spacial score (nSPS) is 15.8. The Morgan fingerprint density at radius 2 is 1.84 bits per heavy atom. The molecule has 1 saturated heterocycles. The fourth-order valence-electron chi connectivity index (χ4n) is 3.10. The Hall–Kier alpha value is -2.84. The van der Waals surface area contributed by atoms with Crippen molar-refractivity contribution in [2.45, 2.75) is 19.4 Å². The highest BCUT2D eigenvalue weighted by molar-refractivity contribution is 8.26. The van der Waals surface area contributed by atoms with Gasteiger partial charge in [-0.15, -0.1) is 0 Å². The molecule has 0 spiro atoms. The van der Waals surface area contributed by atoms with Crippen molar-refractivity contribution in [2.24, 2.45) is 0 Å². The average molecular weight is 458 g/mol. The number of thiocarbonyl (C=S) groups is 1. The van der Waals surface area contributed by atoms with Gasteiger partial charge in [0.15, 0.2) is 17.5 Å². The minimum atomic E-state index is -0.934. The van der Waals surface area contributed by atoms with Crippen molar-refractivity contribution in [3.05, 3.63) is 64.6 Å². The predicted octanol–water partition coefficient (Wildman–Crippen LogP) is 4.60. The zero-order valence-corrected chi connectivity index (χ0v) is 19.1. The number of thioether (sulfide) groups is 1. The molecule has 0 saturated carbocycles. The number of rotatable bonds is 8. The second kappa shape index (κ2) is 10.5. The fourth-order valence-corrected chi connectivity index (χ4v) is 4.42. The van der Waals surface area contributed by atoms with Gasteiger partial charge in [-0.2, -0.15) is 0 Å². The molecule has 1 heterocycles. The summed E-state index contributed by atoms with van der Waals surface area (Å²) in [6, 6.07) is 13.5. The number of hydrogen-bond acceptors (Lipinski definition) is 7. The minimum absolute atomic E-state index is 0.276. The zero-order chi connectivity index (χ0) is 22.4. The van der Waals surface area contributed by atoms with Gasteiger partial charge in [0.1, 0.15) is 4.32 Å². The first-order valence-corrected chi connectivity index (χ1v) is 10.9. The number of ether oxygens (including phenoxy) is 3. The van der Waals surface area contributed by atoms with Crippen molar-refractivity contribution in [1.82, 2.24) is 4.90 Å². The van der Waals surface area contributed by atoms with Gasteiger partial charge >= 0.3 is 5.97 Å². The summed E-state index contributed by atoms with van der Waals surface area (Å²) >= 11 is 6.64. The van der Waals surface area contributed by atoms with E-state index in [9.17, 15) is 9.59 Å². The molecule has 1 fully saturated rings. The van der Waals surface area contributed by atoms with Crippen LogP contribution >= 0.6 is 24.0 Å². The van der Waals surface area contributed by atoms with Crippen LogP contribution in [-0.2, 0) is 14.3 Å². The van der Waals surface area contributed by atoms with Gasteiger partial charge in [-0.05, 0) is 35.8 Å². The molecule has 0 aliphatic carbocycles. The summed E-state index contributed by atoms with van der Waals surface area (Å²) in [5.74, 6) is 0.302. The third kappa shape index (κ3) is 5.08. The van der Waals surface area contributed by atoms with E-state index < -0.39 is 12.0 Å². The summed E-state index contributed by atoms with van der Waals surface area (Å²) in [4.78, 5) is 27.9. The molecule has 0 radical (unpaired) electrons. The van der Waals surface area contributed by atoms with Crippen molar-refractivity contribution in [3.63, 3.8) is 0 Å². The molecule has 0 bridgehead atoms. The first-order valence-electron chi connectivity index (χ1n) is 9.70. The highest BCUT2D eigenvalue weighted by Gasteiger charge is 2.42. The van der Waals surface area contributed by atoms with Crippen molar-refractivity contribution in [2.75, 3.05) is 20.8 Å². The number of nitrogens with zero attached hydrogens (tertiary/aromatic N) is 1. The maximum Gasteiger partial charge on any atom is 0.333 e. The van der Waals surface area contributed by atoms with Gasteiger partial charge in [-0.1, -0.05) is 67.3 Å². The summed E-state index contributed by atoms with van der Waals surface area (Å²) in [7, 11) is 3.11.